The fourth-order valence-electron chi connectivity index (χ4n) is 1.30. The molecule has 0 saturated carbocycles. The lowest BCUT2D eigenvalue weighted by molar-refractivity contribution is 0.339. The van der Waals surface area contributed by atoms with Crippen LogP contribution in [-0.2, 0) is 0 Å². The minimum atomic E-state index is 0.728. The number of hydrogen-bond donors (Lipinski definition) is 0. The Morgan fingerprint density at radius 3 is 2.07 bits per heavy atom. The van der Waals surface area contributed by atoms with Gasteiger partial charge in [-0.1, -0.05) is 0 Å². The quantitative estimate of drug-likeness (QED) is 0.670. The number of hydrogen-bond acceptors (Lipinski definition) is 1. The summed E-state index contributed by atoms with van der Waals surface area (Å²) in [6.07, 6.45) is 0. The molecule has 1 aromatic carbocycles. The standard InChI is InChI=1S/C12H20NO/c1-5-13(3,4)11-7-9-12(10-8-11)14-6-2/h7-10H,5-6H2,1-4H3/q+1. The van der Waals surface area contributed by atoms with Crippen LogP contribution in [0.15, 0.2) is 24.3 Å². The molecule has 0 atom stereocenters. The van der Waals surface area contributed by atoms with Crippen LogP contribution in [0.25, 0.3) is 0 Å². The van der Waals surface area contributed by atoms with E-state index >= 15 is 0 Å². The van der Waals surface area contributed by atoms with Crippen molar-refractivity contribution in [3.05, 3.63) is 24.3 Å². The van der Waals surface area contributed by atoms with Gasteiger partial charge >= 0.3 is 0 Å². The summed E-state index contributed by atoms with van der Waals surface area (Å²) in [5.41, 5.74) is 1.32. The lowest BCUT2D eigenvalue weighted by Gasteiger charge is -2.27. The highest BCUT2D eigenvalue weighted by molar-refractivity contribution is 5.45. The van der Waals surface area contributed by atoms with Gasteiger partial charge in [-0.15, -0.1) is 0 Å². The second-order valence-electron chi connectivity index (χ2n) is 3.93. The maximum atomic E-state index is 5.40. The maximum Gasteiger partial charge on any atom is 0.132 e. The van der Waals surface area contributed by atoms with Gasteiger partial charge in [0.2, 0.25) is 0 Å². The van der Waals surface area contributed by atoms with Gasteiger partial charge in [0.25, 0.3) is 0 Å². The number of rotatable bonds is 4. The van der Waals surface area contributed by atoms with Gasteiger partial charge in [0.05, 0.1) is 27.2 Å². The van der Waals surface area contributed by atoms with Crippen LogP contribution < -0.4 is 9.22 Å². The van der Waals surface area contributed by atoms with Crippen molar-refractivity contribution in [1.82, 2.24) is 4.48 Å². The minimum Gasteiger partial charge on any atom is -0.494 e. The second kappa shape index (κ2) is 4.47. The second-order valence-corrected chi connectivity index (χ2v) is 3.93. The highest BCUT2D eigenvalue weighted by atomic mass is 16.5. The normalized spacial score (nSPS) is 11.4. The summed E-state index contributed by atoms with van der Waals surface area (Å²) < 4.78 is 6.31. The molecule has 0 heterocycles. The average molecular weight is 194 g/mol. The predicted molar refractivity (Wildman–Crippen MR) is 61.8 cm³/mol. The molecule has 0 aliphatic heterocycles. The van der Waals surface area contributed by atoms with Gasteiger partial charge in [0.1, 0.15) is 11.4 Å². The largest absolute Gasteiger partial charge is 0.494 e. The van der Waals surface area contributed by atoms with Crippen LogP contribution in [0.2, 0.25) is 0 Å². The third kappa shape index (κ3) is 2.48. The van der Waals surface area contributed by atoms with Crippen molar-refractivity contribution in [2.24, 2.45) is 0 Å². The molecule has 0 aromatic heterocycles. The van der Waals surface area contributed by atoms with Crippen LogP contribution in [-0.4, -0.2) is 27.2 Å². The molecule has 0 spiro atoms. The molecule has 78 valence electrons. The summed E-state index contributed by atoms with van der Waals surface area (Å²) in [4.78, 5) is 0. The van der Waals surface area contributed by atoms with Crippen LogP contribution in [0.4, 0.5) is 5.69 Å². The van der Waals surface area contributed by atoms with Crippen LogP contribution in [0, 0.1) is 0 Å². The third-order valence-electron chi connectivity index (χ3n) is 2.64. The minimum absolute atomic E-state index is 0.728. The molecule has 0 aliphatic carbocycles. The first-order valence-corrected chi connectivity index (χ1v) is 5.16. The van der Waals surface area contributed by atoms with Crippen molar-refractivity contribution in [2.45, 2.75) is 13.8 Å². The van der Waals surface area contributed by atoms with Crippen molar-refractivity contribution in [1.29, 1.82) is 0 Å². The third-order valence-corrected chi connectivity index (χ3v) is 2.64. The van der Waals surface area contributed by atoms with E-state index in [0.29, 0.717) is 0 Å². The fourth-order valence-corrected chi connectivity index (χ4v) is 1.30. The van der Waals surface area contributed by atoms with Crippen LogP contribution in [0.5, 0.6) is 5.75 Å². The van der Waals surface area contributed by atoms with E-state index in [-0.39, 0.29) is 0 Å². The van der Waals surface area contributed by atoms with E-state index in [1.54, 1.807) is 0 Å². The molecule has 0 unspecified atom stereocenters. The zero-order valence-corrected chi connectivity index (χ0v) is 9.58. The van der Waals surface area contributed by atoms with Crippen molar-refractivity contribution in [2.75, 3.05) is 27.2 Å². The van der Waals surface area contributed by atoms with Crippen molar-refractivity contribution < 1.29 is 4.74 Å². The number of quaternary nitrogens is 1. The van der Waals surface area contributed by atoms with Gasteiger partial charge in [0.15, 0.2) is 0 Å². The molecule has 1 rings (SSSR count). The number of benzene rings is 1. The van der Waals surface area contributed by atoms with Crippen molar-refractivity contribution in [3.63, 3.8) is 0 Å². The van der Waals surface area contributed by atoms with Gasteiger partial charge in [-0.3, -0.25) is 4.48 Å². The molecule has 2 heteroatoms. The molecule has 0 saturated heterocycles. The molecule has 2 nitrogen and oxygen atoms in total. The van der Waals surface area contributed by atoms with Gasteiger partial charge in [-0.25, -0.2) is 0 Å². The van der Waals surface area contributed by atoms with Gasteiger partial charge in [-0.2, -0.15) is 0 Å². The Bertz CT molecular complexity index is 277. The van der Waals surface area contributed by atoms with E-state index in [1.807, 2.05) is 19.1 Å². The first kappa shape index (κ1) is 11.1. The topological polar surface area (TPSA) is 9.23 Å². The summed E-state index contributed by atoms with van der Waals surface area (Å²) in [7, 11) is 4.41. The molecule has 1 aromatic rings. The van der Waals surface area contributed by atoms with Crippen LogP contribution in [0.1, 0.15) is 13.8 Å². The average Bonchev–Trinajstić information content (AvgIpc) is 2.19. The number of nitrogens with zero attached hydrogens (tertiary/aromatic N) is 1. The van der Waals surface area contributed by atoms with Gasteiger partial charge in [0, 0.05) is 12.1 Å². The van der Waals surface area contributed by atoms with Crippen molar-refractivity contribution in [3.8, 4) is 5.75 Å². The Kier molecular flexibility index (Phi) is 3.53. The predicted octanol–water partition coefficient (Wildman–Crippen LogP) is 2.67. The van der Waals surface area contributed by atoms with Crippen LogP contribution in [0.3, 0.4) is 0 Å². The smallest absolute Gasteiger partial charge is 0.132 e. The Morgan fingerprint density at radius 2 is 1.64 bits per heavy atom. The van der Waals surface area contributed by atoms with E-state index in [2.05, 4.69) is 33.2 Å². The summed E-state index contributed by atoms with van der Waals surface area (Å²) in [6.45, 7) is 6.01. The molecule has 0 radical (unpaired) electrons. The van der Waals surface area contributed by atoms with Crippen molar-refractivity contribution >= 4 is 5.69 Å². The first-order chi connectivity index (χ1) is 6.60. The lowest BCUT2D eigenvalue weighted by atomic mass is 10.2. The number of ether oxygens (including phenoxy) is 1. The molecule has 0 bridgehead atoms. The van der Waals surface area contributed by atoms with Crippen LogP contribution >= 0.6 is 0 Å². The summed E-state index contributed by atoms with van der Waals surface area (Å²) in [6, 6.07) is 8.34. The zero-order chi connectivity index (χ0) is 10.6. The van der Waals surface area contributed by atoms with E-state index in [9.17, 15) is 0 Å². The molecular weight excluding hydrogens is 174 g/mol. The highest BCUT2D eigenvalue weighted by Gasteiger charge is 2.15. The van der Waals surface area contributed by atoms with E-state index < -0.39 is 0 Å². The molecule has 0 aliphatic rings. The van der Waals surface area contributed by atoms with Gasteiger partial charge in [-0.05, 0) is 26.0 Å². The Labute approximate surface area is 86.7 Å². The Morgan fingerprint density at radius 1 is 1.07 bits per heavy atom. The lowest BCUT2D eigenvalue weighted by Crippen LogP contribution is -2.39. The van der Waals surface area contributed by atoms with Gasteiger partial charge < -0.3 is 4.74 Å². The first-order valence-electron chi connectivity index (χ1n) is 5.16. The maximum absolute atomic E-state index is 5.40. The Balaban J connectivity index is 2.82. The SMILES string of the molecule is CCOc1ccc([N+](C)(C)CC)cc1. The fraction of sp³-hybridized carbons (Fsp3) is 0.500. The molecule has 0 amide bonds. The van der Waals surface area contributed by atoms with E-state index in [0.717, 1.165) is 23.4 Å². The summed E-state index contributed by atoms with van der Waals surface area (Å²) in [5.74, 6) is 0.951. The monoisotopic (exact) mass is 194 g/mol. The summed E-state index contributed by atoms with van der Waals surface area (Å²) >= 11 is 0. The molecule has 14 heavy (non-hydrogen) atoms. The van der Waals surface area contributed by atoms with E-state index in [1.165, 1.54) is 5.69 Å². The highest BCUT2D eigenvalue weighted by Crippen LogP contribution is 2.22. The molecular formula is C12H20NO+. The van der Waals surface area contributed by atoms with E-state index in [4.69, 9.17) is 4.74 Å². The summed E-state index contributed by atoms with van der Waals surface area (Å²) in [5, 5.41) is 0. The molecule has 0 N–H and O–H groups in total. The zero-order valence-electron chi connectivity index (χ0n) is 9.58. The Hall–Kier alpha value is -1.02. The molecule has 0 fully saturated rings.